The molecule has 1 amide bonds. The molecule has 0 aliphatic heterocycles. The summed E-state index contributed by atoms with van der Waals surface area (Å²) in [6.07, 6.45) is 1.37. The molecule has 1 heterocycles. The smallest absolute Gasteiger partial charge is 0.253 e. The van der Waals surface area contributed by atoms with Crippen molar-refractivity contribution >= 4 is 30.1 Å². The van der Waals surface area contributed by atoms with Gasteiger partial charge in [-0.2, -0.15) is 5.26 Å². The molecule has 1 N–H and O–H groups in total. The maximum atomic E-state index is 12.6. The van der Waals surface area contributed by atoms with Gasteiger partial charge in [0.1, 0.15) is 17.9 Å². The topological polar surface area (TPSA) is 75.0 Å². The van der Waals surface area contributed by atoms with Crippen LogP contribution in [0, 0.1) is 22.2 Å². The van der Waals surface area contributed by atoms with Gasteiger partial charge in [-0.25, -0.2) is 4.98 Å². The highest BCUT2D eigenvalue weighted by atomic mass is 35.5. The summed E-state index contributed by atoms with van der Waals surface area (Å²) < 4.78 is 6.23. The van der Waals surface area contributed by atoms with Crippen LogP contribution in [0.5, 0.6) is 5.75 Å². The zero-order valence-corrected chi connectivity index (χ0v) is 17.8. The average Bonchev–Trinajstić information content (AvgIpc) is 2.64. The van der Waals surface area contributed by atoms with Crippen LogP contribution in [0.25, 0.3) is 0 Å². The van der Waals surface area contributed by atoms with E-state index in [0.29, 0.717) is 26.9 Å². The van der Waals surface area contributed by atoms with Crippen LogP contribution < -0.4 is 10.1 Å². The number of thiol groups is 1. The van der Waals surface area contributed by atoms with Crippen molar-refractivity contribution in [3.63, 3.8) is 0 Å². The van der Waals surface area contributed by atoms with Crippen molar-refractivity contribution in [2.45, 2.75) is 44.9 Å². The standard InChI is InChI=1S/C21H22ClN3O2S/c1-20(2)18(25-17(26)13-6-8-16(28)24-11-13)21(3,4)19(20)27-14-7-5-12(10-23)15(22)9-14/h5-9,11,18-19H,1-4H3,(H,24,28)(H,25,26). The molecule has 1 saturated carbocycles. The first-order valence-corrected chi connectivity index (χ1v) is 9.72. The van der Waals surface area contributed by atoms with E-state index in [9.17, 15) is 4.79 Å². The number of nitrogens with one attached hydrogen (secondary N) is 1. The third-order valence-electron chi connectivity index (χ3n) is 5.44. The summed E-state index contributed by atoms with van der Waals surface area (Å²) in [5.74, 6) is 0.431. The predicted octanol–water partition coefficient (Wildman–Crippen LogP) is 4.51. The Bertz CT molecular complexity index is 935. The summed E-state index contributed by atoms with van der Waals surface area (Å²) in [5.41, 5.74) is 0.284. The number of benzene rings is 1. The van der Waals surface area contributed by atoms with E-state index in [-0.39, 0.29) is 28.9 Å². The Kier molecular flexibility index (Phi) is 5.35. The fourth-order valence-electron chi connectivity index (χ4n) is 4.33. The molecule has 0 radical (unpaired) electrons. The van der Waals surface area contributed by atoms with E-state index < -0.39 is 0 Å². The van der Waals surface area contributed by atoms with Crippen LogP contribution >= 0.6 is 24.2 Å². The first-order valence-electron chi connectivity index (χ1n) is 8.89. The zero-order valence-electron chi connectivity index (χ0n) is 16.2. The number of nitriles is 1. The molecule has 0 spiro atoms. The Hall–Kier alpha value is -2.23. The summed E-state index contributed by atoms with van der Waals surface area (Å²) in [6.45, 7) is 8.25. The van der Waals surface area contributed by atoms with Gasteiger partial charge in [-0.15, -0.1) is 12.6 Å². The maximum absolute atomic E-state index is 12.6. The second kappa shape index (κ2) is 7.31. The lowest BCUT2D eigenvalue weighted by atomic mass is 9.49. The molecule has 1 aromatic heterocycles. The number of pyridine rings is 1. The van der Waals surface area contributed by atoms with Gasteiger partial charge < -0.3 is 10.1 Å². The van der Waals surface area contributed by atoms with Gasteiger partial charge in [0.05, 0.1) is 21.2 Å². The SMILES string of the molecule is CC1(C)C(NC(=O)c2ccc(S)nc2)C(C)(C)C1Oc1ccc(C#N)c(Cl)c1. The Morgan fingerprint density at radius 3 is 2.46 bits per heavy atom. The molecular weight excluding hydrogens is 394 g/mol. The van der Waals surface area contributed by atoms with Crippen LogP contribution in [-0.4, -0.2) is 23.0 Å². The van der Waals surface area contributed by atoms with E-state index in [1.807, 2.05) is 6.07 Å². The molecule has 28 heavy (non-hydrogen) atoms. The third-order valence-corrected chi connectivity index (χ3v) is 6.02. The number of amides is 1. The maximum Gasteiger partial charge on any atom is 0.253 e. The molecule has 1 aliphatic carbocycles. The molecule has 1 aromatic carbocycles. The van der Waals surface area contributed by atoms with Crippen LogP contribution in [0.3, 0.4) is 0 Å². The molecule has 0 unspecified atom stereocenters. The Labute approximate surface area is 175 Å². The normalized spacial score (nSPS) is 21.9. The monoisotopic (exact) mass is 415 g/mol. The van der Waals surface area contributed by atoms with Gasteiger partial charge >= 0.3 is 0 Å². The predicted molar refractivity (Wildman–Crippen MR) is 111 cm³/mol. The number of hydrogen-bond acceptors (Lipinski definition) is 5. The lowest BCUT2D eigenvalue weighted by molar-refractivity contribution is -0.164. The lowest BCUT2D eigenvalue weighted by Gasteiger charge is -2.63. The molecule has 0 bridgehead atoms. The van der Waals surface area contributed by atoms with Crippen LogP contribution in [0.2, 0.25) is 5.02 Å². The first kappa shape index (κ1) is 20.5. The minimum atomic E-state index is -0.309. The summed E-state index contributed by atoms with van der Waals surface area (Å²) in [4.78, 5) is 16.7. The minimum Gasteiger partial charge on any atom is -0.489 e. The molecular formula is C21H22ClN3O2S. The lowest BCUT2D eigenvalue weighted by Crippen LogP contribution is -2.74. The van der Waals surface area contributed by atoms with Gasteiger partial charge in [0.15, 0.2) is 0 Å². The summed E-state index contributed by atoms with van der Waals surface area (Å²) >= 11 is 10.3. The number of rotatable bonds is 4. The van der Waals surface area contributed by atoms with Crippen LogP contribution in [0.1, 0.15) is 43.6 Å². The van der Waals surface area contributed by atoms with Crippen molar-refractivity contribution in [1.29, 1.82) is 5.26 Å². The van der Waals surface area contributed by atoms with Crippen molar-refractivity contribution < 1.29 is 9.53 Å². The quantitative estimate of drug-likeness (QED) is 0.720. The molecule has 146 valence electrons. The summed E-state index contributed by atoms with van der Waals surface area (Å²) in [6, 6.07) is 10.4. The Balaban J connectivity index is 1.76. The highest BCUT2D eigenvalue weighted by Gasteiger charge is 2.64. The van der Waals surface area contributed by atoms with Gasteiger partial charge in [0.2, 0.25) is 0 Å². The van der Waals surface area contributed by atoms with Crippen LogP contribution in [0.4, 0.5) is 0 Å². The van der Waals surface area contributed by atoms with Crippen molar-refractivity contribution in [3.8, 4) is 11.8 Å². The first-order chi connectivity index (χ1) is 13.1. The number of ether oxygens (including phenoxy) is 1. The number of nitrogens with zero attached hydrogens (tertiary/aromatic N) is 2. The second-order valence-electron chi connectivity index (χ2n) is 8.21. The number of hydrogen-bond donors (Lipinski definition) is 2. The summed E-state index contributed by atoms with van der Waals surface area (Å²) in [7, 11) is 0. The highest BCUT2D eigenvalue weighted by Crippen LogP contribution is 2.55. The Morgan fingerprint density at radius 1 is 1.25 bits per heavy atom. The molecule has 3 rings (SSSR count). The van der Waals surface area contributed by atoms with E-state index in [2.05, 4.69) is 50.6 Å². The fraction of sp³-hybridized carbons (Fsp3) is 0.381. The molecule has 0 saturated heterocycles. The fourth-order valence-corrected chi connectivity index (χ4v) is 4.68. The van der Waals surface area contributed by atoms with Gasteiger partial charge in [-0.05, 0) is 24.3 Å². The van der Waals surface area contributed by atoms with Crippen molar-refractivity contribution in [3.05, 3.63) is 52.7 Å². The van der Waals surface area contributed by atoms with Gasteiger partial charge in [-0.3, -0.25) is 4.79 Å². The van der Waals surface area contributed by atoms with Crippen molar-refractivity contribution in [2.75, 3.05) is 0 Å². The third kappa shape index (κ3) is 3.57. The van der Waals surface area contributed by atoms with Gasteiger partial charge in [-0.1, -0.05) is 39.3 Å². The second-order valence-corrected chi connectivity index (χ2v) is 9.07. The highest BCUT2D eigenvalue weighted by molar-refractivity contribution is 7.80. The van der Waals surface area contributed by atoms with Crippen LogP contribution in [-0.2, 0) is 0 Å². The number of carbonyl (C=O) groups excluding carboxylic acids is 1. The molecule has 1 aliphatic rings. The number of halogens is 1. The van der Waals surface area contributed by atoms with Gasteiger partial charge in [0, 0.05) is 29.1 Å². The molecule has 2 aromatic rings. The van der Waals surface area contributed by atoms with Crippen molar-refractivity contribution in [2.24, 2.45) is 10.8 Å². The largest absolute Gasteiger partial charge is 0.489 e. The van der Waals surface area contributed by atoms with E-state index >= 15 is 0 Å². The van der Waals surface area contributed by atoms with E-state index in [1.165, 1.54) is 6.20 Å². The van der Waals surface area contributed by atoms with E-state index in [4.69, 9.17) is 21.6 Å². The van der Waals surface area contributed by atoms with Gasteiger partial charge in [0.25, 0.3) is 5.91 Å². The molecule has 7 heteroatoms. The van der Waals surface area contributed by atoms with E-state index in [0.717, 1.165) is 0 Å². The number of carbonyl (C=O) groups is 1. The summed E-state index contributed by atoms with van der Waals surface area (Å²) in [5, 5.41) is 13.1. The zero-order chi connectivity index (χ0) is 20.7. The Morgan fingerprint density at radius 2 is 1.93 bits per heavy atom. The average molecular weight is 416 g/mol. The minimum absolute atomic E-state index is 0.0953. The van der Waals surface area contributed by atoms with E-state index in [1.54, 1.807) is 30.3 Å². The van der Waals surface area contributed by atoms with Crippen molar-refractivity contribution in [1.82, 2.24) is 10.3 Å². The molecule has 5 nitrogen and oxygen atoms in total. The molecule has 0 atom stereocenters. The van der Waals surface area contributed by atoms with Crippen LogP contribution in [0.15, 0.2) is 41.6 Å². The number of aromatic nitrogens is 1. The molecule has 1 fully saturated rings.